The summed E-state index contributed by atoms with van der Waals surface area (Å²) >= 11 is 0. The smallest absolute Gasteiger partial charge is 0.261 e. The highest BCUT2D eigenvalue weighted by Gasteiger charge is 2.49. The topological polar surface area (TPSA) is 66.9 Å². The highest BCUT2D eigenvalue weighted by molar-refractivity contribution is 6.29. The van der Waals surface area contributed by atoms with E-state index in [4.69, 9.17) is 8.83 Å². The molecule has 52 heavy (non-hydrogen) atoms. The van der Waals surface area contributed by atoms with E-state index < -0.39 is 0 Å². The lowest BCUT2D eigenvalue weighted by atomic mass is 10.0. The van der Waals surface area contributed by atoms with Gasteiger partial charge in [-0.15, -0.1) is 0 Å². The second-order valence-electron chi connectivity index (χ2n) is 15.5. The molecule has 2 amide bonds. The molecule has 0 saturated carbocycles. The fourth-order valence-corrected chi connectivity index (χ4v) is 8.09. The van der Waals surface area contributed by atoms with E-state index in [1.807, 2.05) is 24.3 Å². The Labute approximate surface area is 316 Å². The monoisotopic (exact) mass is 717 g/mol. The van der Waals surface area contributed by atoms with Crippen LogP contribution in [0.2, 0.25) is 0 Å². The van der Waals surface area contributed by atoms with Crippen LogP contribution in [0, 0.1) is 0 Å². The van der Waals surface area contributed by atoms with E-state index in [2.05, 4.69) is 13.8 Å². The van der Waals surface area contributed by atoms with Crippen LogP contribution in [0.1, 0.15) is 205 Å². The van der Waals surface area contributed by atoms with Crippen LogP contribution < -0.4 is 0 Å². The van der Waals surface area contributed by atoms with Gasteiger partial charge >= 0.3 is 0 Å². The van der Waals surface area contributed by atoms with Gasteiger partial charge in [-0.3, -0.25) is 9.59 Å². The third-order valence-corrected chi connectivity index (χ3v) is 11.2. The maximum atomic E-state index is 14.2. The SMILES string of the molecule is CCCCCCCCCCCCCCCCN1C(=O)C2=C(c3ccco3)N(CCCCCCCCCCCCCCCC)C(=O)C2=C1c1ccco1. The first-order valence-electron chi connectivity index (χ1n) is 21.9. The molecule has 2 aromatic heterocycles. The van der Waals surface area contributed by atoms with Crippen molar-refractivity contribution in [2.75, 3.05) is 13.1 Å². The molecule has 0 fully saturated rings. The van der Waals surface area contributed by atoms with Gasteiger partial charge in [0.25, 0.3) is 11.8 Å². The van der Waals surface area contributed by atoms with Gasteiger partial charge in [-0.25, -0.2) is 0 Å². The largest absolute Gasteiger partial charge is 0.463 e. The Morgan fingerprint density at radius 3 is 0.923 bits per heavy atom. The highest BCUT2D eigenvalue weighted by Crippen LogP contribution is 2.47. The second-order valence-corrected chi connectivity index (χ2v) is 15.5. The minimum Gasteiger partial charge on any atom is -0.463 e. The average Bonchev–Trinajstić information content (AvgIpc) is 3.97. The van der Waals surface area contributed by atoms with Gasteiger partial charge in [0.15, 0.2) is 11.5 Å². The minimum absolute atomic E-state index is 0.112. The lowest BCUT2D eigenvalue weighted by Crippen LogP contribution is -2.31. The summed E-state index contributed by atoms with van der Waals surface area (Å²) < 4.78 is 11.7. The number of nitrogens with zero attached hydrogens (tertiary/aromatic N) is 2. The first-order valence-corrected chi connectivity index (χ1v) is 21.9. The van der Waals surface area contributed by atoms with Gasteiger partial charge in [-0.05, 0) is 37.1 Å². The van der Waals surface area contributed by atoms with Gasteiger partial charge in [0, 0.05) is 13.1 Å². The van der Waals surface area contributed by atoms with Crippen molar-refractivity contribution in [2.45, 2.75) is 194 Å². The standard InChI is InChI=1S/C46H72N2O4/c1-3-5-7-9-11-13-15-17-19-21-23-25-27-29-35-47-43(39-33-31-37-51-39)41-42(45(47)49)44(40-34-32-38-52-40)48(46(41)50)36-30-28-26-24-22-20-18-16-14-12-10-8-6-4-2/h31-34,37-38H,3-30,35-36H2,1-2H3. The third kappa shape index (κ3) is 13.1. The Hall–Kier alpha value is -3.02. The molecule has 6 nitrogen and oxygen atoms in total. The molecule has 0 saturated heterocycles. The molecular weight excluding hydrogens is 645 g/mol. The zero-order chi connectivity index (χ0) is 36.6. The molecular formula is C46H72N2O4. The van der Waals surface area contributed by atoms with Crippen molar-refractivity contribution in [1.82, 2.24) is 9.80 Å². The Morgan fingerprint density at radius 1 is 0.404 bits per heavy atom. The number of hydrogen-bond donors (Lipinski definition) is 0. The van der Waals surface area contributed by atoms with Crippen molar-refractivity contribution in [1.29, 1.82) is 0 Å². The third-order valence-electron chi connectivity index (χ3n) is 11.2. The van der Waals surface area contributed by atoms with Gasteiger partial charge in [0.05, 0.1) is 23.7 Å². The summed E-state index contributed by atoms with van der Waals surface area (Å²) in [6, 6.07) is 7.40. The van der Waals surface area contributed by atoms with E-state index in [0.29, 0.717) is 47.2 Å². The summed E-state index contributed by atoms with van der Waals surface area (Å²) in [5, 5.41) is 0. The molecule has 2 aliphatic heterocycles. The van der Waals surface area contributed by atoms with Crippen molar-refractivity contribution in [3.63, 3.8) is 0 Å². The predicted molar refractivity (Wildman–Crippen MR) is 215 cm³/mol. The van der Waals surface area contributed by atoms with Gasteiger partial charge < -0.3 is 18.6 Å². The van der Waals surface area contributed by atoms with Crippen molar-refractivity contribution in [3.8, 4) is 0 Å². The summed E-state index contributed by atoms with van der Waals surface area (Å²) in [5.41, 5.74) is 2.19. The summed E-state index contributed by atoms with van der Waals surface area (Å²) in [7, 11) is 0. The molecule has 2 aliphatic rings. The maximum absolute atomic E-state index is 14.2. The van der Waals surface area contributed by atoms with E-state index in [0.717, 1.165) is 25.7 Å². The van der Waals surface area contributed by atoms with Crippen molar-refractivity contribution in [2.24, 2.45) is 0 Å². The quantitative estimate of drug-likeness (QED) is 0.0707. The zero-order valence-electron chi connectivity index (χ0n) is 33.2. The molecule has 0 unspecified atom stereocenters. The summed E-state index contributed by atoms with van der Waals surface area (Å²) in [5.74, 6) is 0.932. The number of carbonyl (C=O) groups is 2. The molecule has 0 radical (unpaired) electrons. The molecule has 0 spiro atoms. The predicted octanol–water partition coefficient (Wildman–Crippen LogP) is 13.6. The summed E-state index contributed by atoms with van der Waals surface area (Å²) in [6.07, 6.45) is 39.3. The lowest BCUT2D eigenvalue weighted by Gasteiger charge is -2.23. The lowest BCUT2D eigenvalue weighted by molar-refractivity contribution is -0.124. The van der Waals surface area contributed by atoms with Crippen LogP contribution in [0.15, 0.2) is 56.8 Å². The Balaban J connectivity index is 1.23. The van der Waals surface area contributed by atoms with Crippen LogP contribution in [-0.2, 0) is 9.59 Å². The normalized spacial score (nSPS) is 14.6. The number of hydrogen-bond acceptors (Lipinski definition) is 4. The van der Waals surface area contributed by atoms with Crippen LogP contribution in [0.3, 0.4) is 0 Å². The van der Waals surface area contributed by atoms with Gasteiger partial charge in [-0.2, -0.15) is 0 Å². The van der Waals surface area contributed by atoms with Crippen LogP contribution >= 0.6 is 0 Å². The number of unbranched alkanes of at least 4 members (excludes halogenated alkanes) is 26. The van der Waals surface area contributed by atoms with Crippen LogP contribution in [-0.4, -0.2) is 34.7 Å². The number of furan rings is 2. The molecule has 0 aromatic carbocycles. The minimum atomic E-state index is -0.112. The van der Waals surface area contributed by atoms with Crippen LogP contribution in [0.4, 0.5) is 0 Å². The maximum Gasteiger partial charge on any atom is 0.261 e. The summed E-state index contributed by atoms with van der Waals surface area (Å²) in [4.78, 5) is 32.0. The van der Waals surface area contributed by atoms with Crippen molar-refractivity contribution in [3.05, 3.63) is 59.5 Å². The average molecular weight is 717 g/mol. The fourth-order valence-electron chi connectivity index (χ4n) is 8.09. The number of carbonyl (C=O) groups excluding carboxylic acids is 2. The molecule has 0 aliphatic carbocycles. The number of rotatable bonds is 32. The molecule has 0 N–H and O–H groups in total. The second kappa shape index (κ2) is 25.1. The highest BCUT2D eigenvalue weighted by atomic mass is 16.3. The first kappa shape index (κ1) is 41.7. The van der Waals surface area contributed by atoms with Crippen molar-refractivity contribution < 1.29 is 18.4 Å². The first-order chi connectivity index (χ1) is 25.7. The Morgan fingerprint density at radius 2 is 0.673 bits per heavy atom. The molecule has 6 heteroatoms. The Kier molecular flexibility index (Phi) is 20.1. The van der Waals surface area contributed by atoms with Crippen LogP contribution in [0.25, 0.3) is 11.4 Å². The van der Waals surface area contributed by atoms with Crippen LogP contribution in [0.5, 0.6) is 0 Å². The Bertz CT molecular complexity index is 1220. The van der Waals surface area contributed by atoms with Gasteiger partial charge in [0.2, 0.25) is 0 Å². The number of amides is 2. The summed E-state index contributed by atoms with van der Waals surface area (Å²) in [6.45, 7) is 5.72. The van der Waals surface area contributed by atoms with Crippen molar-refractivity contribution >= 4 is 23.2 Å². The van der Waals surface area contributed by atoms with Gasteiger partial charge in [-0.1, -0.05) is 181 Å². The molecule has 0 bridgehead atoms. The molecule has 290 valence electrons. The van der Waals surface area contributed by atoms with E-state index >= 15 is 0 Å². The van der Waals surface area contributed by atoms with E-state index in [9.17, 15) is 9.59 Å². The van der Waals surface area contributed by atoms with Gasteiger partial charge in [0.1, 0.15) is 11.4 Å². The number of fused-ring (bicyclic) bond motifs is 1. The molecule has 4 rings (SSSR count). The van der Waals surface area contributed by atoms with E-state index in [1.54, 1.807) is 22.3 Å². The fraction of sp³-hybridized carbons (Fsp3) is 0.696. The van der Waals surface area contributed by atoms with E-state index in [-0.39, 0.29) is 11.8 Å². The molecule has 0 atom stereocenters. The van der Waals surface area contributed by atoms with E-state index in [1.165, 1.54) is 154 Å². The molecule has 2 aromatic rings. The zero-order valence-corrected chi connectivity index (χ0v) is 33.2. The molecule has 4 heterocycles.